The molecule has 3 aliphatic rings. The topological polar surface area (TPSA) is 87.6 Å². The van der Waals surface area contributed by atoms with Crippen LogP contribution in [0.5, 0.6) is 0 Å². The summed E-state index contributed by atoms with van der Waals surface area (Å²) in [5.74, 6) is 1.67. The van der Waals surface area contributed by atoms with Crippen LogP contribution in [-0.4, -0.2) is 60.4 Å². The average molecular weight is 304 g/mol. The van der Waals surface area contributed by atoms with Crippen LogP contribution in [-0.2, 0) is 11.2 Å². The van der Waals surface area contributed by atoms with Gasteiger partial charge in [-0.25, -0.2) is 9.97 Å². The molecule has 1 aromatic heterocycles. The van der Waals surface area contributed by atoms with E-state index in [0.29, 0.717) is 37.2 Å². The molecule has 0 radical (unpaired) electrons. The summed E-state index contributed by atoms with van der Waals surface area (Å²) in [6.07, 6.45) is 0.750. The van der Waals surface area contributed by atoms with Crippen LogP contribution in [0, 0.1) is 18.3 Å². The van der Waals surface area contributed by atoms with Crippen molar-refractivity contribution in [3.05, 3.63) is 17.1 Å². The number of carbonyl (C=O) groups is 1. The lowest BCUT2D eigenvalue weighted by atomic mass is 9.82. The van der Waals surface area contributed by atoms with Gasteiger partial charge in [0, 0.05) is 36.5 Å². The normalized spacial score (nSPS) is 30.2. The van der Waals surface area contributed by atoms with E-state index in [4.69, 9.17) is 4.74 Å². The number of ether oxygens (including phenoxy) is 1. The number of carbonyl (C=O) groups excluding carboxylic acids is 1. The number of amides is 1. The van der Waals surface area contributed by atoms with Gasteiger partial charge >= 0.3 is 0 Å². The van der Waals surface area contributed by atoms with Crippen LogP contribution < -0.4 is 10.2 Å². The van der Waals surface area contributed by atoms with Crippen LogP contribution in [0.2, 0.25) is 0 Å². The zero-order valence-electron chi connectivity index (χ0n) is 12.6. The molecule has 0 bridgehead atoms. The highest BCUT2D eigenvalue weighted by molar-refractivity contribution is 5.96. The van der Waals surface area contributed by atoms with E-state index in [0.717, 1.165) is 30.9 Å². The molecule has 4 heterocycles. The first-order valence-electron chi connectivity index (χ1n) is 7.72. The number of hydrogen-bond donors (Lipinski definition) is 2. The number of aliphatic hydroxyl groups is 1. The number of anilines is 1. The molecule has 0 unspecified atom stereocenters. The standard InChI is InChI=1S/C15H20N4O3/c1-9-17-12-11(2-3-16-14(12)21)13(18-9)19-4-10-5-22-8-15(10,6-19)7-20/h10,20H,2-8H2,1H3,(H,16,21)/t10-,15-/m0/s1. The largest absolute Gasteiger partial charge is 0.396 e. The van der Waals surface area contributed by atoms with E-state index in [1.165, 1.54) is 0 Å². The maximum absolute atomic E-state index is 12.0. The molecule has 3 aliphatic heterocycles. The number of aliphatic hydroxyl groups excluding tert-OH is 1. The van der Waals surface area contributed by atoms with Crippen molar-refractivity contribution in [1.29, 1.82) is 0 Å². The van der Waals surface area contributed by atoms with Gasteiger partial charge in [-0.3, -0.25) is 4.79 Å². The number of nitrogens with one attached hydrogen (secondary N) is 1. The van der Waals surface area contributed by atoms with Gasteiger partial charge in [-0.1, -0.05) is 0 Å². The molecule has 2 atom stereocenters. The highest BCUT2D eigenvalue weighted by Crippen LogP contribution is 2.43. The van der Waals surface area contributed by atoms with Gasteiger partial charge in [0.2, 0.25) is 0 Å². The predicted molar refractivity (Wildman–Crippen MR) is 78.8 cm³/mol. The van der Waals surface area contributed by atoms with Crippen LogP contribution in [0.1, 0.15) is 21.9 Å². The molecule has 0 spiro atoms. The van der Waals surface area contributed by atoms with Gasteiger partial charge < -0.3 is 20.1 Å². The Morgan fingerprint density at radius 3 is 3.14 bits per heavy atom. The van der Waals surface area contributed by atoms with Gasteiger partial charge in [-0.2, -0.15) is 0 Å². The number of nitrogens with zero attached hydrogens (tertiary/aromatic N) is 3. The number of aromatic nitrogens is 2. The Morgan fingerprint density at radius 1 is 1.50 bits per heavy atom. The SMILES string of the molecule is Cc1nc2c(c(N3C[C@H]4COC[C@@]4(CO)C3)n1)CCNC2=O. The Labute approximate surface area is 128 Å². The van der Waals surface area contributed by atoms with E-state index >= 15 is 0 Å². The Balaban J connectivity index is 1.74. The van der Waals surface area contributed by atoms with Crippen molar-refractivity contribution in [3.8, 4) is 0 Å². The first kappa shape index (κ1) is 13.9. The summed E-state index contributed by atoms with van der Waals surface area (Å²) in [5, 5.41) is 12.7. The van der Waals surface area contributed by atoms with E-state index in [2.05, 4.69) is 20.2 Å². The lowest BCUT2D eigenvalue weighted by molar-refractivity contribution is 0.0939. The Kier molecular flexibility index (Phi) is 3.09. The van der Waals surface area contributed by atoms with Crippen LogP contribution in [0.4, 0.5) is 5.82 Å². The minimum atomic E-state index is -0.192. The molecule has 0 aliphatic carbocycles. The van der Waals surface area contributed by atoms with Gasteiger partial charge in [-0.15, -0.1) is 0 Å². The third kappa shape index (κ3) is 1.92. The summed E-state index contributed by atoms with van der Waals surface area (Å²) in [5.41, 5.74) is 1.24. The van der Waals surface area contributed by atoms with Crippen molar-refractivity contribution in [2.75, 3.05) is 44.4 Å². The van der Waals surface area contributed by atoms with Crippen molar-refractivity contribution in [3.63, 3.8) is 0 Å². The van der Waals surface area contributed by atoms with Crippen molar-refractivity contribution in [2.45, 2.75) is 13.3 Å². The van der Waals surface area contributed by atoms with Gasteiger partial charge in [0.1, 0.15) is 17.3 Å². The zero-order chi connectivity index (χ0) is 15.3. The van der Waals surface area contributed by atoms with E-state index in [1.807, 2.05) is 6.92 Å². The fourth-order valence-electron chi connectivity index (χ4n) is 3.86. The second-order valence-electron chi connectivity index (χ2n) is 6.54. The van der Waals surface area contributed by atoms with Crippen LogP contribution >= 0.6 is 0 Å². The second kappa shape index (κ2) is 4.89. The minimum absolute atomic E-state index is 0.118. The third-order valence-electron chi connectivity index (χ3n) is 5.11. The molecule has 4 rings (SSSR count). The predicted octanol–water partition coefficient (Wildman–Crippen LogP) is -0.484. The molecule has 0 aromatic carbocycles. The molecule has 0 saturated carbocycles. The van der Waals surface area contributed by atoms with Crippen molar-refractivity contribution in [1.82, 2.24) is 15.3 Å². The summed E-state index contributed by atoms with van der Waals surface area (Å²) in [6, 6.07) is 0. The van der Waals surface area contributed by atoms with Gasteiger partial charge in [-0.05, 0) is 13.3 Å². The van der Waals surface area contributed by atoms with Crippen LogP contribution in [0.25, 0.3) is 0 Å². The smallest absolute Gasteiger partial charge is 0.270 e. The van der Waals surface area contributed by atoms with Crippen molar-refractivity contribution in [2.24, 2.45) is 11.3 Å². The van der Waals surface area contributed by atoms with Crippen LogP contribution in [0.3, 0.4) is 0 Å². The summed E-state index contributed by atoms with van der Waals surface area (Å²) in [7, 11) is 0. The Morgan fingerprint density at radius 2 is 2.36 bits per heavy atom. The third-order valence-corrected chi connectivity index (χ3v) is 5.11. The van der Waals surface area contributed by atoms with Gasteiger partial charge in [0.05, 0.1) is 19.8 Å². The number of aryl methyl sites for hydroxylation is 1. The molecule has 2 fully saturated rings. The lowest BCUT2D eigenvalue weighted by Gasteiger charge is -2.27. The molecular formula is C15H20N4O3. The Bertz CT molecular complexity index is 635. The van der Waals surface area contributed by atoms with Crippen molar-refractivity contribution < 1.29 is 14.6 Å². The highest BCUT2D eigenvalue weighted by atomic mass is 16.5. The fourth-order valence-corrected chi connectivity index (χ4v) is 3.86. The second-order valence-corrected chi connectivity index (χ2v) is 6.54. The minimum Gasteiger partial charge on any atom is -0.396 e. The molecule has 1 aromatic rings. The molecule has 2 saturated heterocycles. The quantitative estimate of drug-likeness (QED) is 0.767. The summed E-state index contributed by atoms with van der Waals surface area (Å²) in [4.78, 5) is 23.2. The highest BCUT2D eigenvalue weighted by Gasteiger charge is 2.51. The molecule has 7 nitrogen and oxygen atoms in total. The maximum atomic E-state index is 12.0. The van der Waals surface area contributed by atoms with E-state index in [1.54, 1.807) is 0 Å². The summed E-state index contributed by atoms with van der Waals surface area (Å²) in [6.45, 7) is 5.37. The number of hydrogen-bond acceptors (Lipinski definition) is 6. The lowest BCUT2D eigenvalue weighted by Crippen LogP contribution is -2.37. The van der Waals surface area contributed by atoms with Crippen LogP contribution in [0.15, 0.2) is 0 Å². The maximum Gasteiger partial charge on any atom is 0.270 e. The molecule has 1 amide bonds. The molecule has 7 heteroatoms. The summed E-state index contributed by atoms with van der Waals surface area (Å²) < 4.78 is 5.56. The van der Waals surface area contributed by atoms with E-state index < -0.39 is 0 Å². The Hall–Kier alpha value is -1.73. The fraction of sp³-hybridized carbons (Fsp3) is 0.667. The number of rotatable bonds is 2. The first-order valence-corrected chi connectivity index (χ1v) is 7.72. The van der Waals surface area contributed by atoms with Crippen molar-refractivity contribution >= 4 is 11.7 Å². The molecule has 2 N–H and O–H groups in total. The molecular weight excluding hydrogens is 284 g/mol. The monoisotopic (exact) mass is 304 g/mol. The van der Waals surface area contributed by atoms with Gasteiger partial charge in [0.25, 0.3) is 5.91 Å². The molecule has 22 heavy (non-hydrogen) atoms. The van der Waals surface area contributed by atoms with E-state index in [9.17, 15) is 9.90 Å². The first-order chi connectivity index (χ1) is 10.6. The zero-order valence-corrected chi connectivity index (χ0v) is 12.6. The summed E-state index contributed by atoms with van der Waals surface area (Å²) >= 11 is 0. The number of fused-ring (bicyclic) bond motifs is 2. The van der Waals surface area contributed by atoms with E-state index in [-0.39, 0.29) is 17.9 Å². The average Bonchev–Trinajstić information content (AvgIpc) is 3.04. The van der Waals surface area contributed by atoms with Gasteiger partial charge in [0.15, 0.2) is 0 Å². The molecule has 118 valence electrons.